The van der Waals surface area contributed by atoms with Gasteiger partial charge < -0.3 is 24.8 Å². The van der Waals surface area contributed by atoms with Crippen LogP contribution in [0.2, 0.25) is 0 Å². The lowest BCUT2D eigenvalue weighted by Crippen LogP contribution is -2.36. The van der Waals surface area contributed by atoms with Crippen LogP contribution in [0, 0.1) is 12.7 Å². The van der Waals surface area contributed by atoms with Crippen LogP contribution in [0.1, 0.15) is 23.6 Å². The van der Waals surface area contributed by atoms with Crippen molar-refractivity contribution in [3.63, 3.8) is 0 Å². The number of guanidine groups is 1. The van der Waals surface area contributed by atoms with Crippen molar-refractivity contribution in [1.29, 1.82) is 0 Å². The molecule has 0 amide bonds. The Morgan fingerprint density at radius 1 is 1.03 bits per heavy atom. The summed E-state index contributed by atoms with van der Waals surface area (Å²) in [6, 6.07) is 11.0. The molecule has 29 heavy (non-hydrogen) atoms. The molecule has 158 valence electrons. The van der Waals surface area contributed by atoms with Crippen molar-refractivity contribution in [2.24, 2.45) is 4.99 Å². The first-order chi connectivity index (χ1) is 14.1. The van der Waals surface area contributed by atoms with Crippen LogP contribution in [0.5, 0.6) is 11.5 Å². The predicted octanol–water partition coefficient (Wildman–Crippen LogP) is 3.42. The minimum atomic E-state index is -0.386. The van der Waals surface area contributed by atoms with Crippen molar-refractivity contribution in [2.75, 3.05) is 34.0 Å². The first-order valence-electron chi connectivity index (χ1n) is 9.64. The van der Waals surface area contributed by atoms with E-state index in [1.165, 1.54) is 13.2 Å². The Hall–Kier alpha value is -2.80. The van der Waals surface area contributed by atoms with Crippen LogP contribution in [0.25, 0.3) is 0 Å². The van der Waals surface area contributed by atoms with Crippen molar-refractivity contribution in [1.82, 2.24) is 10.6 Å². The van der Waals surface area contributed by atoms with Crippen molar-refractivity contribution in [2.45, 2.75) is 26.9 Å². The van der Waals surface area contributed by atoms with Gasteiger partial charge in [-0.3, -0.25) is 4.99 Å². The minimum absolute atomic E-state index is 0.229. The standard InChI is InChI=1S/C22H30FN3O3/c1-5-28-10-11-29-21-12-16(2)6-8-18(21)15-26-22(24-3)25-14-17-7-9-20(27-4)19(23)13-17/h6-9,12-13H,5,10-11,14-15H2,1-4H3,(H2,24,25,26). The highest BCUT2D eigenvalue weighted by Gasteiger charge is 2.07. The topological polar surface area (TPSA) is 64.1 Å². The molecule has 0 unspecified atom stereocenters. The lowest BCUT2D eigenvalue weighted by atomic mass is 10.1. The van der Waals surface area contributed by atoms with Crippen molar-refractivity contribution in [3.05, 3.63) is 58.9 Å². The van der Waals surface area contributed by atoms with Crippen LogP contribution in [0.15, 0.2) is 41.4 Å². The third-order valence-electron chi connectivity index (χ3n) is 4.26. The molecule has 0 aliphatic rings. The molecule has 7 heteroatoms. The molecule has 0 aliphatic carbocycles. The Kier molecular flexibility index (Phi) is 9.24. The van der Waals surface area contributed by atoms with Crippen LogP contribution in [-0.4, -0.2) is 39.9 Å². The zero-order valence-corrected chi connectivity index (χ0v) is 17.5. The highest BCUT2D eigenvalue weighted by molar-refractivity contribution is 5.79. The van der Waals surface area contributed by atoms with Crippen molar-refractivity contribution < 1.29 is 18.6 Å². The second-order valence-electron chi connectivity index (χ2n) is 6.40. The van der Waals surface area contributed by atoms with Gasteiger partial charge in [-0.25, -0.2) is 4.39 Å². The third-order valence-corrected chi connectivity index (χ3v) is 4.26. The zero-order valence-electron chi connectivity index (χ0n) is 17.5. The molecule has 2 aromatic rings. The average Bonchev–Trinajstić information content (AvgIpc) is 2.72. The van der Waals surface area contributed by atoms with Gasteiger partial charge >= 0.3 is 0 Å². The molecule has 0 spiro atoms. The summed E-state index contributed by atoms with van der Waals surface area (Å²) in [5.74, 6) is 1.28. The summed E-state index contributed by atoms with van der Waals surface area (Å²) in [5.41, 5.74) is 2.94. The monoisotopic (exact) mass is 403 g/mol. The summed E-state index contributed by atoms with van der Waals surface area (Å²) >= 11 is 0. The molecule has 0 aromatic heterocycles. The second kappa shape index (κ2) is 11.9. The number of hydrogen-bond donors (Lipinski definition) is 2. The highest BCUT2D eigenvalue weighted by atomic mass is 19.1. The van der Waals surface area contributed by atoms with E-state index in [0.29, 0.717) is 38.9 Å². The van der Waals surface area contributed by atoms with Gasteiger partial charge in [-0.1, -0.05) is 18.2 Å². The van der Waals surface area contributed by atoms with Gasteiger partial charge in [-0.15, -0.1) is 0 Å². The first-order valence-corrected chi connectivity index (χ1v) is 9.64. The average molecular weight is 403 g/mol. The maximum Gasteiger partial charge on any atom is 0.191 e. The maximum absolute atomic E-state index is 13.8. The van der Waals surface area contributed by atoms with Crippen LogP contribution >= 0.6 is 0 Å². The highest BCUT2D eigenvalue weighted by Crippen LogP contribution is 2.20. The summed E-state index contributed by atoms with van der Waals surface area (Å²) in [7, 11) is 3.14. The van der Waals surface area contributed by atoms with Crippen LogP contribution in [-0.2, 0) is 17.8 Å². The number of hydrogen-bond acceptors (Lipinski definition) is 4. The van der Waals surface area contributed by atoms with Gasteiger partial charge in [-0.05, 0) is 43.2 Å². The van der Waals surface area contributed by atoms with Gasteiger partial charge in [0.2, 0.25) is 0 Å². The number of rotatable bonds is 10. The van der Waals surface area contributed by atoms with Gasteiger partial charge in [0, 0.05) is 32.3 Å². The number of nitrogens with zero attached hydrogens (tertiary/aromatic N) is 1. The smallest absolute Gasteiger partial charge is 0.191 e. The Balaban J connectivity index is 1.92. The molecule has 0 heterocycles. The second-order valence-corrected chi connectivity index (χ2v) is 6.40. The Labute approximate surface area is 172 Å². The molecule has 2 rings (SSSR count). The fourth-order valence-corrected chi connectivity index (χ4v) is 2.70. The molecular weight excluding hydrogens is 373 g/mol. The number of aryl methyl sites for hydroxylation is 1. The minimum Gasteiger partial charge on any atom is -0.494 e. The molecule has 6 nitrogen and oxygen atoms in total. The lowest BCUT2D eigenvalue weighted by Gasteiger charge is -2.16. The van der Waals surface area contributed by atoms with E-state index in [1.807, 2.05) is 38.1 Å². The van der Waals surface area contributed by atoms with Crippen LogP contribution in [0.3, 0.4) is 0 Å². The Bertz CT molecular complexity index is 812. The van der Waals surface area contributed by atoms with Gasteiger partial charge in [0.1, 0.15) is 12.4 Å². The lowest BCUT2D eigenvalue weighted by molar-refractivity contribution is 0.110. The number of methoxy groups -OCH3 is 1. The van der Waals surface area contributed by atoms with E-state index in [9.17, 15) is 4.39 Å². The molecule has 2 N–H and O–H groups in total. The van der Waals surface area contributed by atoms with E-state index in [1.54, 1.807) is 13.1 Å². The van der Waals surface area contributed by atoms with Gasteiger partial charge in [-0.2, -0.15) is 0 Å². The summed E-state index contributed by atoms with van der Waals surface area (Å²) in [6.45, 7) is 6.69. The Morgan fingerprint density at radius 2 is 1.83 bits per heavy atom. The van der Waals surface area contributed by atoms with E-state index in [-0.39, 0.29) is 11.6 Å². The summed E-state index contributed by atoms with van der Waals surface area (Å²) in [4.78, 5) is 4.22. The fourth-order valence-electron chi connectivity index (χ4n) is 2.70. The van der Waals surface area contributed by atoms with E-state index >= 15 is 0 Å². The number of aliphatic imine (C=N–C) groups is 1. The molecule has 0 bridgehead atoms. The third kappa shape index (κ3) is 7.27. The predicted molar refractivity (Wildman–Crippen MR) is 113 cm³/mol. The number of benzene rings is 2. The molecule has 2 aromatic carbocycles. The number of halogens is 1. The van der Waals surface area contributed by atoms with E-state index < -0.39 is 0 Å². The quantitative estimate of drug-likeness (QED) is 0.362. The van der Waals surface area contributed by atoms with Crippen molar-refractivity contribution >= 4 is 5.96 Å². The number of nitrogens with one attached hydrogen (secondary N) is 2. The molecule has 0 fully saturated rings. The number of ether oxygens (including phenoxy) is 3. The first kappa shape index (κ1) is 22.5. The summed E-state index contributed by atoms with van der Waals surface area (Å²) in [5, 5.41) is 6.45. The molecule has 0 saturated carbocycles. The van der Waals surface area contributed by atoms with E-state index in [0.717, 1.165) is 22.4 Å². The molecule has 0 aliphatic heterocycles. The van der Waals surface area contributed by atoms with Gasteiger partial charge in [0.25, 0.3) is 0 Å². The van der Waals surface area contributed by atoms with Gasteiger partial charge in [0.05, 0.1) is 13.7 Å². The Morgan fingerprint density at radius 3 is 2.52 bits per heavy atom. The summed E-state index contributed by atoms with van der Waals surface area (Å²) < 4.78 is 30.0. The molecular formula is C22H30FN3O3. The molecule has 0 atom stereocenters. The molecule has 0 radical (unpaired) electrons. The van der Waals surface area contributed by atoms with Crippen LogP contribution in [0.4, 0.5) is 4.39 Å². The van der Waals surface area contributed by atoms with Gasteiger partial charge in [0.15, 0.2) is 17.5 Å². The van der Waals surface area contributed by atoms with E-state index in [2.05, 4.69) is 15.6 Å². The maximum atomic E-state index is 13.8. The largest absolute Gasteiger partial charge is 0.494 e. The van der Waals surface area contributed by atoms with Crippen LogP contribution < -0.4 is 20.1 Å². The SMILES string of the molecule is CCOCCOc1cc(C)ccc1CNC(=NC)NCc1ccc(OC)c(F)c1. The summed E-state index contributed by atoms with van der Waals surface area (Å²) in [6.07, 6.45) is 0. The molecule has 0 saturated heterocycles. The van der Waals surface area contributed by atoms with Crippen molar-refractivity contribution in [3.8, 4) is 11.5 Å². The van der Waals surface area contributed by atoms with E-state index in [4.69, 9.17) is 14.2 Å². The normalized spacial score (nSPS) is 11.3. The fraction of sp³-hybridized carbons (Fsp3) is 0.409. The zero-order chi connectivity index (χ0) is 21.1.